The SMILES string of the molecule is Cc1ccc(C(O)CNC(=O)CC(O)c2cccc(F)c2)cc1. The highest BCUT2D eigenvalue weighted by molar-refractivity contribution is 5.76. The van der Waals surface area contributed by atoms with E-state index < -0.39 is 23.9 Å². The van der Waals surface area contributed by atoms with Crippen LogP contribution in [-0.4, -0.2) is 22.7 Å². The second-order valence-corrected chi connectivity index (χ2v) is 5.51. The number of carbonyl (C=O) groups excluding carboxylic acids is 1. The lowest BCUT2D eigenvalue weighted by Gasteiger charge is -2.14. The van der Waals surface area contributed by atoms with E-state index in [0.717, 1.165) is 5.56 Å². The normalized spacial score (nSPS) is 13.4. The molecule has 0 saturated heterocycles. The Morgan fingerprint density at radius 3 is 2.43 bits per heavy atom. The van der Waals surface area contributed by atoms with Gasteiger partial charge < -0.3 is 15.5 Å². The molecule has 122 valence electrons. The third-order valence-electron chi connectivity index (χ3n) is 3.57. The van der Waals surface area contributed by atoms with Gasteiger partial charge in [0, 0.05) is 6.54 Å². The van der Waals surface area contributed by atoms with Gasteiger partial charge in [0.1, 0.15) is 5.82 Å². The fourth-order valence-corrected chi connectivity index (χ4v) is 2.20. The highest BCUT2D eigenvalue weighted by atomic mass is 19.1. The van der Waals surface area contributed by atoms with Crippen LogP contribution in [0.4, 0.5) is 4.39 Å². The molecule has 0 radical (unpaired) electrons. The molecule has 0 spiro atoms. The summed E-state index contributed by atoms with van der Waals surface area (Å²) in [6.45, 7) is 2.00. The average Bonchev–Trinajstić information content (AvgIpc) is 2.53. The Hall–Kier alpha value is -2.24. The summed E-state index contributed by atoms with van der Waals surface area (Å²) in [6.07, 6.45) is -2.09. The number of aliphatic hydroxyl groups excluding tert-OH is 2. The van der Waals surface area contributed by atoms with E-state index in [0.29, 0.717) is 11.1 Å². The van der Waals surface area contributed by atoms with E-state index in [-0.39, 0.29) is 13.0 Å². The molecular formula is C18H20FNO3. The topological polar surface area (TPSA) is 69.6 Å². The van der Waals surface area contributed by atoms with Gasteiger partial charge in [-0.15, -0.1) is 0 Å². The number of hydrogen-bond acceptors (Lipinski definition) is 3. The van der Waals surface area contributed by atoms with Crippen LogP contribution in [0.5, 0.6) is 0 Å². The van der Waals surface area contributed by atoms with Crippen LogP contribution in [0, 0.1) is 12.7 Å². The zero-order valence-corrected chi connectivity index (χ0v) is 12.9. The number of halogens is 1. The number of hydrogen-bond donors (Lipinski definition) is 3. The molecule has 2 rings (SSSR count). The number of rotatable bonds is 6. The molecule has 1 amide bonds. The van der Waals surface area contributed by atoms with Crippen LogP contribution in [0.3, 0.4) is 0 Å². The van der Waals surface area contributed by atoms with Crippen LogP contribution >= 0.6 is 0 Å². The second kappa shape index (κ2) is 7.85. The first kappa shape index (κ1) is 17.1. The number of aryl methyl sites for hydroxylation is 1. The predicted molar refractivity (Wildman–Crippen MR) is 85.1 cm³/mol. The van der Waals surface area contributed by atoms with Gasteiger partial charge in [-0.3, -0.25) is 4.79 Å². The van der Waals surface area contributed by atoms with Gasteiger partial charge in [-0.2, -0.15) is 0 Å². The highest BCUT2D eigenvalue weighted by Crippen LogP contribution is 2.18. The molecule has 2 unspecified atom stereocenters. The molecular weight excluding hydrogens is 297 g/mol. The highest BCUT2D eigenvalue weighted by Gasteiger charge is 2.15. The standard InChI is InChI=1S/C18H20FNO3/c1-12-5-7-13(8-6-12)17(22)11-20-18(23)10-16(21)14-3-2-4-15(19)9-14/h2-9,16-17,21-22H,10-11H2,1H3,(H,20,23). The van der Waals surface area contributed by atoms with Gasteiger partial charge in [0.2, 0.25) is 5.91 Å². The van der Waals surface area contributed by atoms with Gasteiger partial charge in [-0.25, -0.2) is 4.39 Å². The number of aliphatic hydroxyl groups is 2. The summed E-state index contributed by atoms with van der Waals surface area (Å²) in [6, 6.07) is 12.9. The molecule has 2 aromatic carbocycles. The van der Waals surface area contributed by atoms with E-state index in [1.807, 2.05) is 19.1 Å². The first-order valence-electron chi connectivity index (χ1n) is 7.40. The fraction of sp³-hybridized carbons (Fsp3) is 0.278. The summed E-state index contributed by atoms with van der Waals surface area (Å²) < 4.78 is 13.1. The minimum atomic E-state index is -1.08. The van der Waals surface area contributed by atoms with Gasteiger partial charge in [0.15, 0.2) is 0 Å². The predicted octanol–water partition coefficient (Wildman–Crippen LogP) is 2.41. The van der Waals surface area contributed by atoms with Crippen molar-refractivity contribution in [2.45, 2.75) is 25.6 Å². The summed E-state index contributed by atoms with van der Waals surface area (Å²) in [5, 5.41) is 22.5. The summed E-state index contributed by atoms with van der Waals surface area (Å²) in [5.74, 6) is -0.871. The molecule has 0 bridgehead atoms. The Kier molecular flexibility index (Phi) is 5.84. The Bertz CT molecular complexity index is 658. The monoisotopic (exact) mass is 317 g/mol. The van der Waals surface area contributed by atoms with Crippen molar-refractivity contribution >= 4 is 5.91 Å². The molecule has 23 heavy (non-hydrogen) atoms. The van der Waals surface area contributed by atoms with E-state index in [9.17, 15) is 19.4 Å². The average molecular weight is 317 g/mol. The van der Waals surface area contributed by atoms with Crippen molar-refractivity contribution in [2.24, 2.45) is 0 Å². The number of carbonyl (C=O) groups is 1. The molecule has 0 heterocycles. The Labute approximate surface area is 134 Å². The minimum Gasteiger partial charge on any atom is -0.388 e. The molecule has 3 N–H and O–H groups in total. The quantitative estimate of drug-likeness (QED) is 0.766. The van der Waals surface area contributed by atoms with Crippen molar-refractivity contribution < 1.29 is 19.4 Å². The van der Waals surface area contributed by atoms with Crippen molar-refractivity contribution in [1.29, 1.82) is 0 Å². The molecule has 4 nitrogen and oxygen atoms in total. The van der Waals surface area contributed by atoms with Crippen LogP contribution in [0.25, 0.3) is 0 Å². The number of amides is 1. The van der Waals surface area contributed by atoms with Crippen molar-refractivity contribution in [3.63, 3.8) is 0 Å². The maximum absolute atomic E-state index is 13.1. The molecule has 0 aliphatic carbocycles. The third-order valence-corrected chi connectivity index (χ3v) is 3.57. The van der Waals surface area contributed by atoms with E-state index in [2.05, 4.69) is 5.32 Å². The molecule has 0 fully saturated rings. The van der Waals surface area contributed by atoms with E-state index in [1.54, 1.807) is 18.2 Å². The second-order valence-electron chi connectivity index (χ2n) is 5.51. The van der Waals surface area contributed by atoms with E-state index >= 15 is 0 Å². The first-order chi connectivity index (χ1) is 11.0. The number of nitrogens with one attached hydrogen (secondary N) is 1. The van der Waals surface area contributed by atoms with Crippen LogP contribution in [0.1, 0.15) is 35.3 Å². The molecule has 2 atom stereocenters. The summed E-state index contributed by atoms with van der Waals surface area (Å²) in [5.41, 5.74) is 2.14. The molecule has 2 aromatic rings. The largest absolute Gasteiger partial charge is 0.388 e. The van der Waals surface area contributed by atoms with Crippen LogP contribution < -0.4 is 5.32 Å². The van der Waals surface area contributed by atoms with Gasteiger partial charge in [-0.1, -0.05) is 42.0 Å². The lowest BCUT2D eigenvalue weighted by Crippen LogP contribution is -2.29. The summed E-state index contributed by atoms with van der Waals surface area (Å²) >= 11 is 0. The van der Waals surface area contributed by atoms with Crippen LogP contribution in [0.15, 0.2) is 48.5 Å². The van der Waals surface area contributed by atoms with Gasteiger partial charge in [0.25, 0.3) is 0 Å². The molecule has 5 heteroatoms. The van der Waals surface area contributed by atoms with Gasteiger partial charge >= 0.3 is 0 Å². The maximum atomic E-state index is 13.1. The minimum absolute atomic E-state index is 0.0533. The Morgan fingerprint density at radius 1 is 1.09 bits per heavy atom. The lowest BCUT2D eigenvalue weighted by molar-refractivity contribution is -0.123. The summed E-state index contributed by atoms with van der Waals surface area (Å²) in [4.78, 5) is 11.8. The Morgan fingerprint density at radius 2 is 1.78 bits per heavy atom. The first-order valence-corrected chi connectivity index (χ1v) is 7.40. The number of benzene rings is 2. The maximum Gasteiger partial charge on any atom is 0.223 e. The lowest BCUT2D eigenvalue weighted by atomic mass is 10.1. The fourth-order valence-electron chi connectivity index (χ4n) is 2.20. The van der Waals surface area contributed by atoms with E-state index in [4.69, 9.17) is 0 Å². The van der Waals surface area contributed by atoms with Crippen molar-refractivity contribution in [3.05, 3.63) is 71.0 Å². The summed E-state index contributed by atoms with van der Waals surface area (Å²) in [7, 11) is 0. The molecule has 0 saturated carbocycles. The molecule has 0 aromatic heterocycles. The third kappa shape index (κ3) is 5.16. The van der Waals surface area contributed by atoms with Crippen molar-refractivity contribution in [2.75, 3.05) is 6.54 Å². The van der Waals surface area contributed by atoms with Crippen molar-refractivity contribution in [1.82, 2.24) is 5.32 Å². The van der Waals surface area contributed by atoms with Crippen LogP contribution in [0.2, 0.25) is 0 Å². The van der Waals surface area contributed by atoms with E-state index in [1.165, 1.54) is 18.2 Å². The Balaban J connectivity index is 1.83. The zero-order chi connectivity index (χ0) is 16.8. The molecule has 0 aliphatic rings. The van der Waals surface area contributed by atoms with Crippen LogP contribution in [-0.2, 0) is 4.79 Å². The molecule has 0 aliphatic heterocycles. The van der Waals surface area contributed by atoms with Crippen molar-refractivity contribution in [3.8, 4) is 0 Å². The zero-order valence-electron chi connectivity index (χ0n) is 12.9. The van der Waals surface area contributed by atoms with Gasteiger partial charge in [-0.05, 0) is 30.2 Å². The smallest absolute Gasteiger partial charge is 0.223 e. The van der Waals surface area contributed by atoms with Gasteiger partial charge in [0.05, 0.1) is 18.6 Å².